The quantitative estimate of drug-likeness (QED) is 0.310. The van der Waals surface area contributed by atoms with Crippen LogP contribution in [0.1, 0.15) is 56.6 Å². The summed E-state index contributed by atoms with van der Waals surface area (Å²) in [4.78, 5) is 4.52. The van der Waals surface area contributed by atoms with E-state index in [0.29, 0.717) is 25.2 Å². The van der Waals surface area contributed by atoms with Crippen LogP contribution in [0, 0.1) is 0 Å². The van der Waals surface area contributed by atoms with E-state index in [1.54, 1.807) is 0 Å². The molecule has 0 heterocycles. The number of nitrogens with one attached hydrogen (secondary N) is 1. The smallest absolute Gasteiger partial charge is 0.189 e. The largest absolute Gasteiger partial charge is 0.377 e. The number of benzene rings is 1. The van der Waals surface area contributed by atoms with Gasteiger partial charge in [0.15, 0.2) is 5.96 Å². The van der Waals surface area contributed by atoms with Crippen molar-refractivity contribution in [1.29, 1.82) is 0 Å². The number of nitrogens with zero attached hydrogens (tertiary/aromatic N) is 1. The highest BCUT2D eigenvalue weighted by molar-refractivity contribution is 14.0. The van der Waals surface area contributed by atoms with Gasteiger partial charge in [0.1, 0.15) is 0 Å². The minimum absolute atomic E-state index is 0. The predicted molar refractivity (Wildman–Crippen MR) is 107 cm³/mol. The van der Waals surface area contributed by atoms with E-state index in [4.69, 9.17) is 10.5 Å². The molecular formula is C18H30IN3O. The van der Waals surface area contributed by atoms with Crippen molar-refractivity contribution in [3.8, 4) is 0 Å². The lowest BCUT2D eigenvalue weighted by Crippen LogP contribution is -2.39. The van der Waals surface area contributed by atoms with Crippen LogP contribution in [0.2, 0.25) is 0 Å². The molecule has 23 heavy (non-hydrogen) atoms. The van der Waals surface area contributed by atoms with Crippen molar-refractivity contribution in [2.75, 3.05) is 6.61 Å². The highest BCUT2D eigenvalue weighted by Gasteiger charge is 2.12. The molecule has 1 aromatic rings. The number of ether oxygens (including phenoxy) is 1. The van der Waals surface area contributed by atoms with Gasteiger partial charge in [-0.25, -0.2) is 4.99 Å². The van der Waals surface area contributed by atoms with E-state index in [0.717, 1.165) is 6.61 Å². The molecule has 130 valence electrons. The Morgan fingerprint density at radius 3 is 2.48 bits per heavy atom. The third-order valence-electron chi connectivity index (χ3n) is 4.21. The summed E-state index contributed by atoms with van der Waals surface area (Å²) >= 11 is 0. The summed E-state index contributed by atoms with van der Waals surface area (Å²) in [5, 5.41) is 3.39. The van der Waals surface area contributed by atoms with Gasteiger partial charge in [0.25, 0.3) is 0 Å². The van der Waals surface area contributed by atoms with E-state index in [1.807, 2.05) is 19.1 Å². The zero-order chi connectivity index (χ0) is 15.6. The van der Waals surface area contributed by atoms with Crippen LogP contribution in [-0.2, 0) is 17.9 Å². The normalized spacial score (nSPS) is 16.5. The van der Waals surface area contributed by atoms with Crippen molar-refractivity contribution in [1.82, 2.24) is 5.32 Å². The average molecular weight is 431 g/mol. The average Bonchev–Trinajstić information content (AvgIpc) is 2.80. The van der Waals surface area contributed by atoms with Crippen LogP contribution in [-0.4, -0.2) is 18.6 Å². The predicted octanol–water partition coefficient (Wildman–Crippen LogP) is 3.97. The molecule has 4 nitrogen and oxygen atoms in total. The van der Waals surface area contributed by atoms with E-state index >= 15 is 0 Å². The van der Waals surface area contributed by atoms with Crippen LogP contribution < -0.4 is 11.1 Å². The number of halogens is 1. The van der Waals surface area contributed by atoms with Crippen molar-refractivity contribution >= 4 is 29.9 Å². The van der Waals surface area contributed by atoms with E-state index in [1.165, 1.54) is 49.7 Å². The second kappa shape index (κ2) is 11.7. The van der Waals surface area contributed by atoms with Crippen molar-refractivity contribution < 1.29 is 4.74 Å². The molecule has 0 unspecified atom stereocenters. The summed E-state index contributed by atoms with van der Waals surface area (Å²) in [5.74, 6) is 0.568. The second-order valence-corrected chi connectivity index (χ2v) is 5.94. The van der Waals surface area contributed by atoms with Crippen LogP contribution >= 0.6 is 24.0 Å². The fraction of sp³-hybridized carbons (Fsp3) is 0.611. The first-order chi connectivity index (χ1) is 10.8. The summed E-state index contributed by atoms with van der Waals surface area (Å²) in [6, 6.07) is 8.75. The van der Waals surface area contributed by atoms with Gasteiger partial charge >= 0.3 is 0 Å². The maximum absolute atomic E-state index is 6.06. The lowest BCUT2D eigenvalue weighted by molar-refractivity contribution is 0.133. The monoisotopic (exact) mass is 431 g/mol. The van der Waals surface area contributed by atoms with Crippen LogP contribution in [0.5, 0.6) is 0 Å². The molecule has 0 aromatic heterocycles. The maximum atomic E-state index is 6.06. The fourth-order valence-electron chi connectivity index (χ4n) is 2.91. The third-order valence-corrected chi connectivity index (χ3v) is 4.21. The number of nitrogens with two attached hydrogens (primary N) is 1. The van der Waals surface area contributed by atoms with Gasteiger partial charge in [0.2, 0.25) is 0 Å². The fourth-order valence-corrected chi connectivity index (χ4v) is 2.91. The molecule has 1 saturated carbocycles. The molecule has 1 aliphatic rings. The molecule has 0 saturated heterocycles. The maximum Gasteiger partial charge on any atom is 0.189 e. The molecule has 2 rings (SSSR count). The van der Waals surface area contributed by atoms with E-state index in [-0.39, 0.29) is 24.0 Å². The molecule has 1 aromatic carbocycles. The van der Waals surface area contributed by atoms with Gasteiger partial charge in [-0.1, -0.05) is 49.9 Å². The zero-order valence-electron chi connectivity index (χ0n) is 14.1. The number of guanidine groups is 1. The Morgan fingerprint density at radius 1 is 1.17 bits per heavy atom. The van der Waals surface area contributed by atoms with Gasteiger partial charge in [0, 0.05) is 12.6 Å². The number of aliphatic imine (C=N–C) groups is 1. The number of rotatable bonds is 6. The van der Waals surface area contributed by atoms with E-state index < -0.39 is 0 Å². The van der Waals surface area contributed by atoms with E-state index in [2.05, 4.69) is 22.4 Å². The van der Waals surface area contributed by atoms with Gasteiger partial charge < -0.3 is 15.8 Å². The van der Waals surface area contributed by atoms with Crippen molar-refractivity contribution in [2.45, 2.75) is 64.6 Å². The Bertz CT molecular complexity index is 471. The van der Waals surface area contributed by atoms with Crippen molar-refractivity contribution in [2.24, 2.45) is 10.7 Å². The molecule has 0 radical (unpaired) electrons. The second-order valence-electron chi connectivity index (χ2n) is 5.94. The summed E-state index contributed by atoms with van der Waals surface area (Å²) in [7, 11) is 0. The molecule has 5 heteroatoms. The Balaban J connectivity index is 0.00000264. The van der Waals surface area contributed by atoms with Gasteiger partial charge in [-0.05, 0) is 30.9 Å². The summed E-state index contributed by atoms with van der Waals surface area (Å²) in [5.41, 5.74) is 8.43. The summed E-state index contributed by atoms with van der Waals surface area (Å²) < 4.78 is 5.51. The highest BCUT2D eigenvalue weighted by Crippen LogP contribution is 2.17. The summed E-state index contributed by atoms with van der Waals surface area (Å²) in [6.07, 6.45) is 7.69. The lowest BCUT2D eigenvalue weighted by Gasteiger charge is -2.17. The van der Waals surface area contributed by atoms with Gasteiger partial charge in [-0.3, -0.25) is 0 Å². The molecule has 1 fully saturated rings. The molecule has 0 amide bonds. The minimum atomic E-state index is 0. The lowest BCUT2D eigenvalue weighted by atomic mass is 10.1. The molecular weight excluding hydrogens is 401 g/mol. The standard InChI is InChI=1S/C18H29N3O.HI/c1-2-22-14-16-10-8-7-9-15(16)13-20-18(19)21-17-11-5-3-4-6-12-17;/h7-10,17H,2-6,11-14H2,1H3,(H3,19,20,21);1H. The Morgan fingerprint density at radius 2 is 1.83 bits per heavy atom. The minimum Gasteiger partial charge on any atom is -0.377 e. The molecule has 0 atom stereocenters. The zero-order valence-corrected chi connectivity index (χ0v) is 16.4. The van der Waals surface area contributed by atoms with Crippen molar-refractivity contribution in [3.63, 3.8) is 0 Å². The molecule has 0 bridgehead atoms. The first-order valence-corrected chi connectivity index (χ1v) is 8.50. The third kappa shape index (κ3) is 7.52. The summed E-state index contributed by atoms with van der Waals surface area (Å²) in [6.45, 7) is 3.98. The van der Waals surface area contributed by atoms with Crippen LogP contribution in [0.3, 0.4) is 0 Å². The molecule has 1 aliphatic carbocycles. The van der Waals surface area contributed by atoms with Crippen LogP contribution in [0.25, 0.3) is 0 Å². The topological polar surface area (TPSA) is 59.6 Å². The van der Waals surface area contributed by atoms with Crippen molar-refractivity contribution in [3.05, 3.63) is 35.4 Å². The first-order valence-electron chi connectivity index (χ1n) is 8.50. The Kier molecular flexibility index (Phi) is 10.3. The molecule has 3 N–H and O–H groups in total. The van der Waals surface area contributed by atoms with Gasteiger partial charge in [0.05, 0.1) is 13.2 Å². The first kappa shape index (κ1) is 20.2. The molecule has 0 spiro atoms. The number of hydrogen-bond acceptors (Lipinski definition) is 2. The van der Waals surface area contributed by atoms with Crippen LogP contribution in [0.4, 0.5) is 0 Å². The SMILES string of the molecule is CCOCc1ccccc1CN=C(N)NC1CCCCCC1.I. The Labute approximate surface area is 157 Å². The number of hydrogen-bond donors (Lipinski definition) is 2. The Hall–Kier alpha value is -0.820. The van der Waals surface area contributed by atoms with E-state index in [9.17, 15) is 0 Å². The van der Waals surface area contributed by atoms with Crippen LogP contribution in [0.15, 0.2) is 29.3 Å². The van der Waals surface area contributed by atoms with Gasteiger partial charge in [-0.15, -0.1) is 24.0 Å². The molecule has 0 aliphatic heterocycles. The highest BCUT2D eigenvalue weighted by atomic mass is 127. The van der Waals surface area contributed by atoms with Gasteiger partial charge in [-0.2, -0.15) is 0 Å².